The van der Waals surface area contributed by atoms with Gasteiger partial charge in [0.2, 0.25) is 5.91 Å². The number of hydrogen-bond acceptors (Lipinski definition) is 3. The molecule has 0 bridgehead atoms. The molecule has 2 N–H and O–H groups in total. The van der Waals surface area contributed by atoms with Gasteiger partial charge in [0.05, 0.1) is 12.7 Å². The quantitative estimate of drug-likeness (QED) is 0.891. The molecule has 2 amide bonds. The summed E-state index contributed by atoms with van der Waals surface area (Å²) in [7, 11) is 1.50. The summed E-state index contributed by atoms with van der Waals surface area (Å²) in [5, 5.41) is 5.49. The van der Waals surface area contributed by atoms with Crippen LogP contribution in [-0.4, -0.2) is 18.9 Å². The lowest BCUT2D eigenvalue weighted by Crippen LogP contribution is -2.23. The smallest absolute Gasteiger partial charge is 0.255 e. The molecule has 0 aromatic heterocycles. The molecule has 0 aliphatic carbocycles. The van der Waals surface area contributed by atoms with Crippen LogP contribution in [0, 0.1) is 0 Å². The van der Waals surface area contributed by atoms with Gasteiger partial charge in [0.25, 0.3) is 5.91 Å². The van der Waals surface area contributed by atoms with Crippen LogP contribution in [-0.2, 0) is 11.3 Å². The van der Waals surface area contributed by atoms with E-state index in [0.29, 0.717) is 23.5 Å². The molecule has 0 aliphatic heterocycles. The molecule has 0 unspecified atom stereocenters. The van der Waals surface area contributed by atoms with Gasteiger partial charge in [-0.1, -0.05) is 30.3 Å². The Labute approximate surface area is 129 Å². The Balaban J connectivity index is 2.14. The highest BCUT2D eigenvalue weighted by Gasteiger charge is 2.13. The summed E-state index contributed by atoms with van der Waals surface area (Å²) in [4.78, 5) is 23.4. The molecule has 2 rings (SSSR count). The molecule has 5 heteroatoms. The Hall–Kier alpha value is -2.82. The number of nitrogens with one attached hydrogen (secondary N) is 2. The van der Waals surface area contributed by atoms with E-state index in [0.717, 1.165) is 5.56 Å². The molecule has 22 heavy (non-hydrogen) atoms. The maximum absolute atomic E-state index is 12.3. The zero-order chi connectivity index (χ0) is 15.9. The number of methoxy groups -OCH3 is 1. The lowest BCUT2D eigenvalue weighted by molar-refractivity contribution is -0.114. The summed E-state index contributed by atoms with van der Waals surface area (Å²) < 4.78 is 5.20. The molecular formula is C17H18N2O3. The van der Waals surface area contributed by atoms with Crippen molar-refractivity contribution in [1.29, 1.82) is 0 Å². The van der Waals surface area contributed by atoms with E-state index in [4.69, 9.17) is 4.74 Å². The number of carbonyl (C=O) groups is 2. The number of rotatable bonds is 5. The molecule has 0 radical (unpaired) electrons. The van der Waals surface area contributed by atoms with E-state index < -0.39 is 0 Å². The number of amides is 2. The van der Waals surface area contributed by atoms with Crippen LogP contribution in [0.25, 0.3) is 0 Å². The van der Waals surface area contributed by atoms with Gasteiger partial charge in [0.1, 0.15) is 5.75 Å². The lowest BCUT2D eigenvalue weighted by atomic mass is 10.1. The minimum atomic E-state index is -0.257. The van der Waals surface area contributed by atoms with Crippen LogP contribution in [0.3, 0.4) is 0 Å². The molecule has 0 atom stereocenters. The van der Waals surface area contributed by atoms with Crippen LogP contribution >= 0.6 is 0 Å². The summed E-state index contributed by atoms with van der Waals surface area (Å²) in [6.07, 6.45) is 0. The average Bonchev–Trinajstić information content (AvgIpc) is 2.53. The van der Waals surface area contributed by atoms with Crippen molar-refractivity contribution in [2.45, 2.75) is 13.5 Å². The standard InChI is InChI=1S/C17H18N2O3/c1-12(20)19-14-8-9-16(22-2)15(10-14)17(21)18-11-13-6-4-3-5-7-13/h3-10H,11H2,1-2H3,(H,18,21)(H,19,20). The maximum atomic E-state index is 12.3. The summed E-state index contributed by atoms with van der Waals surface area (Å²) in [5.41, 5.74) is 1.94. The van der Waals surface area contributed by atoms with Crippen molar-refractivity contribution < 1.29 is 14.3 Å². The Morgan fingerprint density at radius 1 is 1.09 bits per heavy atom. The van der Waals surface area contributed by atoms with Gasteiger partial charge in [0.15, 0.2) is 0 Å². The highest BCUT2D eigenvalue weighted by molar-refractivity contribution is 5.99. The van der Waals surface area contributed by atoms with E-state index >= 15 is 0 Å². The van der Waals surface area contributed by atoms with Crippen LogP contribution in [0.4, 0.5) is 5.69 Å². The fourth-order valence-corrected chi connectivity index (χ4v) is 2.04. The summed E-state index contributed by atoms with van der Waals surface area (Å²) in [6.45, 7) is 1.84. The SMILES string of the molecule is COc1ccc(NC(C)=O)cc1C(=O)NCc1ccccc1. The fourth-order valence-electron chi connectivity index (χ4n) is 2.04. The molecule has 2 aromatic carbocycles. The minimum Gasteiger partial charge on any atom is -0.496 e. The van der Waals surface area contributed by atoms with E-state index in [1.807, 2.05) is 30.3 Å². The van der Waals surface area contributed by atoms with Crippen molar-refractivity contribution in [3.63, 3.8) is 0 Å². The van der Waals surface area contributed by atoms with Crippen LogP contribution < -0.4 is 15.4 Å². The first-order valence-electron chi connectivity index (χ1n) is 6.88. The van der Waals surface area contributed by atoms with Crippen molar-refractivity contribution in [3.8, 4) is 5.75 Å². The van der Waals surface area contributed by atoms with Crippen LogP contribution in [0.15, 0.2) is 48.5 Å². The van der Waals surface area contributed by atoms with Crippen LogP contribution in [0.5, 0.6) is 5.75 Å². The van der Waals surface area contributed by atoms with Crippen molar-refractivity contribution in [1.82, 2.24) is 5.32 Å². The van der Waals surface area contributed by atoms with Crippen molar-refractivity contribution >= 4 is 17.5 Å². The van der Waals surface area contributed by atoms with E-state index in [2.05, 4.69) is 10.6 Å². The first-order valence-corrected chi connectivity index (χ1v) is 6.88. The van der Waals surface area contributed by atoms with Crippen molar-refractivity contribution in [2.24, 2.45) is 0 Å². The number of carbonyl (C=O) groups excluding carboxylic acids is 2. The molecule has 0 aliphatic rings. The molecule has 0 heterocycles. The molecule has 0 fully saturated rings. The molecule has 0 saturated heterocycles. The lowest BCUT2D eigenvalue weighted by Gasteiger charge is -2.11. The highest BCUT2D eigenvalue weighted by atomic mass is 16.5. The van der Waals surface area contributed by atoms with Gasteiger partial charge in [-0.2, -0.15) is 0 Å². The van der Waals surface area contributed by atoms with Gasteiger partial charge in [-0.05, 0) is 23.8 Å². The van der Waals surface area contributed by atoms with E-state index in [-0.39, 0.29) is 11.8 Å². The van der Waals surface area contributed by atoms with Crippen LogP contribution in [0.2, 0.25) is 0 Å². The third-order valence-corrected chi connectivity index (χ3v) is 3.06. The highest BCUT2D eigenvalue weighted by Crippen LogP contribution is 2.22. The van der Waals surface area contributed by atoms with Gasteiger partial charge >= 0.3 is 0 Å². The van der Waals surface area contributed by atoms with Crippen molar-refractivity contribution in [2.75, 3.05) is 12.4 Å². The second kappa shape index (κ2) is 7.26. The fraction of sp³-hybridized carbons (Fsp3) is 0.176. The molecular weight excluding hydrogens is 280 g/mol. The largest absolute Gasteiger partial charge is 0.496 e. The monoisotopic (exact) mass is 298 g/mol. The third-order valence-electron chi connectivity index (χ3n) is 3.06. The van der Waals surface area contributed by atoms with Gasteiger partial charge < -0.3 is 15.4 Å². The second-order valence-electron chi connectivity index (χ2n) is 4.76. The molecule has 2 aromatic rings. The minimum absolute atomic E-state index is 0.194. The van der Waals surface area contributed by atoms with Gasteiger partial charge in [-0.25, -0.2) is 0 Å². The third kappa shape index (κ3) is 4.09. The first-order chi connectivity index (χ1) is 10.6. The second-order valence-corrected chi connectivity index (χ2v) is 4.76. The van der Waals surface area contributed by atoms with Gasteiger partial charge in [0, 0.05) is 19.2 Å². The zero-order valence-corrected chi connectivity index (χ0v) is 12.6. The average molecular weight is 298 g/mol. The first kappa shape index (κ1) is 15.6. The Morgan fingerprint density at radius 2 is 1.82 bits per heavy atom. The number of benzene rings is 2. The Bertz CT molecular complexity index is 669. The van der Waals surface area contributed by atoms with E-state index in [1.54, 1.807) is 18.2 Å². The van der Waals surface area contributed by atoms with Gasteiger partial charge in [-0.3, -0.25) is 9.59 Å². The predicted molar refractivity (Wildman–Crippen MR) is 84.9 cm³/mol. The predicted octanol–water partition coefficient (Wildman–Crippen LogP) is 2.58. The zero-order valence-electron chi connectivity index (χ0n) is 12.6. The summed E-state index contributed by atoms with van der Waals surface area (Å²) >= 11 is 0. The topological polar surface area (TPSA) is 67.4 Å². The van der Waals surface area contributed by atoms with Crippen LogP contribution in [0.1, 0.15) is 22.8 Å². The normalized spacial score (nSPS) is 9.91. The summed E-state index contributed by atoms with van der Waals surface area (Å²) in [5.74, 6) is 0.00776. The Morgan fingerprint density at radius 3 is 2.45 bits per heavy atom. The molecule has 114 valence electrons. The summed E-state index contributed by atoms with van der Waals surface area (Å²) in [6, 6.07) is 14.6. The van der Waals surface area contributed by atoms with Crippen molar-refractivity contribution in [3.05, 3.63) is 59.7 Å². The number of ether oxygens (including phenoxy) is 1. The molecule has 5 nitrogen and oxygen atoms in total. The Kier molecular flexibility index (Phi) is 5.14. The molecule has 0 spiro atoms. The van der Waals surface area contributed by atoms with Gasteiger partial charge in [-0.15, -0.1) is 0 Å². The number of hydrogen-bond donors (Lipinski definition) is 2. The van der Waals surface area contributed by atoms with E-state index in [1.165, 1.54) is 14.0 Å². The maximum Gasteiger partial charge on any atom is 0.255 e. The molecule has 0 saturated carbocycles. The number of anilines is 1. The van der Waals surface area contributed by atoms with E-state index in [9.17, 15) is 9.59 Å².